The van der Waals surface area contributed by atoms with Gasteiger partial charge in [0.1, 0.15) is 5.82 Å². The normalized spacial score (nSPS) is 24.8. The summed E-state index contributed by atoms with van der Waals surface area (Å²) in [7, 11) is 2.06. The molecule has 100 valence electrons. The summed E-state index contributed by atoms with van der Waals surface area (Å²) < 4.78 is 13.3. The van der Waals surface area contributed by atoms with Crippen LogP contribution in [0.25, 0.3) is 0 Å². The highest BCUT2D eigenvalue weighted by Gasteiger charge is 2.19. The van der Waals surface area contributed by atoms with Gasteiger partial charge in [0, 0.05) is 6.04 Å². The molecule has 2 unspecified atom stereocenters. The quantitative estimate of drug-likeness (QED) is 0.802. The largest absolute Gasteiger partial charge is 0.317 e. The first-order valence-electron chi connectivity index (χ1n) is 7.11. The van der Waals surface area contributed by atoms with E-state index in [0.717, 1.165) is 6.42 Å². The van der Waals surface area contributed by atoms with Crippen LogP contribution in [0, 0.1) is 18.7 Å². The second kappa shape index (κ2) is 6.33. The van der Waals surface area contributed by atoms with E-state index in [1.54, 1.807) is 12.1 Å². The summed E-state index contributed by atoms with van der Waals surface area (Å²) in [5, 5.41) is 3.41. The lowest BCUT2D eigenvalue weighted by Crippen LogP contribution is -2.26. The first-order chi connectivity index (χ1) is 8.69. The molecule has 2 rings (SSSR count). The Labute approximate surface area is 110 Å². The summed E-state index contributed by atoms with van der Waals surface area (Å²) in [6, 6.07) is 5.82. The fourth-order valence-electron chi connectivity index (χ4n) is 3.08. The average molecular weight is 249 g/mol. The Balaban J connectivity index is 2.04. The maximum atomic E-state index is 13.3. The molecule has 0 amide bonds. The van der Waals surface area contributed by atoms with Gasteiger partial charge in [-0.1, -0.05) is 25.3 Å². The van der Waals surface area contributed by atoms with Crippen molar-refractivity contribution in [2.75, 3.05) is 7.05 Å². The summed E-state index contributed by atoms with van der Waals surface area (Å²) >= 11 is 0. The van der Waals surface area contributed by atoms with Crippen LogP contribution in [-0.4, -0.2) is 13.1 Å². The highest BCUT2D eigenvalue weighted by molar-refractivity contribution is 5.27. The van der Waals surface area contributed by atoms with Crippen molar-refractivity contribution in [3.8, 4) is 0 Å². The van der Waals surface area contributed by atoms with Crippen LogP contribution >= 0.6 is 0 Å². The van der Waals surface area contributed by atoms with Crippen molar-refractivity contribution in [1.82, 2.24) is 5.32 Å². The molecular weight excluding hydrogens is 225 g/mol. The molecule has 0 saturated heterocycles. The second-order valence-electron chi connectivity index (χ2n) is 5.65. The molecular formula is C16H24FN. The Bertz CT molecular complexity index is 389. The van der Waals surface area contributed by atoms with Crippen LogP contribution in [-0.2, 0) is 6.42 Å². The van der Waals surface area contributed by atoms with Gasteiger partial charge in [-0.15, -0.1) is 0 Å². The zero-order valence-corrected chi connectivity index (χ0v) is 11.5. The van der Waals surface area contributed by atoms with E-state index in [9.17, 15) is 4.39 Å². The van der Waals surface area contributed by atoms with E-state index in [-0.39, 0.29) is 5.82 Å². The Kier molecular flexibility index (Phi) is 4.76. The Morgan fingerprint density at radius 3 is 2.83 bits per heavy atom. The molecule has 0 heterocycles. The third kappa shape index (κ3) is 3.55. The van der Waals surface area contributed by atoms with Crippen LogP contribution in [0.3, 0.4) is 0 Å². The predicted octanol–water partition coefficient (Wildman–Crippen LogP) is 3.84. The number of hydrogen-bond acceptors (Lipinski definition) is 1. The highest BCUT2D eigenvalue weighted by atomic mass is 19.1. The number of aryl methyl sites for hydroxylation is 1. The van der Waals surface area contributed by atoms with E-state index in [4.69, 9.17) is 0 Å². The maximum Gasteiger partial charge on any atom is 0.123 e. The lowest BCUT2D eigenvalue weighted by atomic mass is 9.89. The van der Waals surface area contributed by atoms with Crippen molar-refractivity contribution >= 4 is 0 Å². The van der Waals surface area contributed by atoms with E-state index < -0.39 is 0 Å². The van der Waals surface area contributed by atoms with Crippen LogP contribution < -0.4 is 5.32 Å². The molecule has 1 nitrogen and oxygen atoms in total. The van der Waals surface area contributed by atoms with Crippen molar-refractivity contribution in [3.63, 3.8) is 0 Å². The van der Waals surface area contributed by atoms with Crippen molar-refractivity contribution in [3.05, 3.63) is 35.1 Å². The van der Waals surface area contributed by atoms with Crippen molar-refractivity contribution in [2.45, 2.75) is 51.5 Å². The van der Waals surface area contributed by atoms with E-state index in [1.165, 1.54) is 43.2 Å². The first kappa shape index (κ1) is 13.5. The molecule has 0 bridgehead atoms. The van der Waals surface area contributed by atoms with Gasteiger partial charge < -0.3 is 5.32 Å². The fourth-order valence-corrected chi connectivity index (χ4v) is 3.08. The summed E-state index contributed by atoms with van der Waals surface area (Å²) in [6.45, 7) is 2.08. The predicted molar refractivity (Wildman–Crippen MR) is 74.3 cm³/mol. The van der Waals surface area contributed by atoms with E-state index in [2.05, 4.69) is 19.3 Å². The molecule has 1 aliphatic rings. The van der Waals surface area contributed by atoms with Gasteiger partial charge in [0.2, 0.25) is 0 Å². The van der Waals surface area contributed by atoms with Crippen LogP contribution in [0.5, 0.6) is 0 Å². The number of nitrogens with one attached hydrogen (secondary N) is 1. The Morgan fingerprint density at radius 2 is 2.06 bits per heavy atom. The molecule has 18 heavy (non-hydrogen) atoms. The van der Waals surface area contributed by atoms with E-state index in [1.807, 2.05) is 6.07 Å². The minimum atomic E-state index is -0.102. The Morgan fingerprint density at radius 1 is 1.28 bits per heavy atom. The van der Waals surface area contributed by atoms with Gasteiger partial charge in [0.05, 0.1) is 0 Å². The average Bonchev–Trinajstić information content (AvgIpc) is 2.59. The first-order valence-corrected chi connectivity index (χ1v) is 7.11. The molecule has 1 N–H and O–H groups in total. The van der Waals surface area contributed by atoms with Crippen LogP contribution in [0.1, 0.15) is 43.2 Å². The van der Waals surface area contributed by atoms with Crippen molar-refractivity contribution < 1.29 is 4.39 Å². The van der Waals surface area contributed by atoms with Gasteiger partial charge in [-0.3, -0.25) is 0 Å². The lowest BCUT2D eigenvalue weighted by Gasteiger charge is -2.20. The molecule has 2 heteroatoms. The van der Waals surface area contributed by atoms with Gasteiger partial charge in [0.15, 0.2) is 0 Å². The fraction of sp³-hybridized carbons (Fsp3) is 0.625. The number of benzene rings is 1. The van der Waals surface area contributed by atoms with Gasteiger partial charge in [-0.25, -0.2) is 4.39 Å². The monoisotopic (exact) mass is 249 g/mol. The second-order valence-corrected chi connectivity index (χ2v) is 5.65. The minimum absolute atomic E-state index is 0.102. The lowest BCUT2D eigenvalue weighted by molar-refractivity contribution is 0.399. The van der Waals surface area contributed by atoms with Crippen LogP contribution in [0.15, 0.2) is 18.2 Å². The summed E-state index contributed by atoms with van der Waals surface area (Å²) in [5.41, 5.74) is 2.42. The smallest absolute Gasteiger partial charge is 0.123 e. The minimum Gasteiger partial charge on any atom is -0.317 e. The molecule has 0 aliphatic heterocycles. The van der Waals surface area contributed by atoms with Gasteiger partial charge in [-0.2, -0.15) is 0 Å². The van der Waals surface area contributed by atoms with Crippen molar-refractivity contribution in [2.24, 2.45) is 5.92 Å². The summed E-state index contributed by atoms with van der Waals surface area (Å²) in [4.78, 5) is 0. The number of rotatable bonds is 3. The summed E-state index contributed by atoms with van der Waals surface area (Å²) in [6.07, 6.45) is 7.47. The molecule has 0 spiro atoms. The molecule has 2 atom stereocenters. The maximum absolute atomic E-state index is 13.3. The molecule has 1 saturated carbocycles. The third-order valence-electron chi connectivity index (χ3n) is 4.26. The van der Waals surface area contributed by atoms with Gasteiger partial charge in [0.25, 0.3) is 0 Å². The van der Waals surface area contributed by atoms with Crippen LogP contribution in [0.4, 0.5) is 4.39 Å². The SMILES string of the molecule is CNC1CCCCC(Cc2cc(F)ccc2C)C1. The van der Waals surface area contributed by atoms with Crippen LogP contribution in [0.2, 0.25) is 0 Å². The molecule has 0 radical (unpaired) electrons. The third-order valence-corrected chi connectivity index (χ3v) is 4.26. The standard InChI is InChI=1S/C16H24FN/c1-12-7-8-15(17)11-14(12)9-13-5-3-4-6-16(10-13)18-2/h7-8,11,13,16,18H,3-6,9-10H2,1-2H3. The van der Waals surface area contributed by atoms with E-state index >= 15 is 0 Å². The zero-order chi connectivity index (χ0) is 13.0. The number of hydrogen-bond donors (Lipinski definition) is 1. The molecule has 1 fully saturated rings. The molecule has 0 aromatic heterocycles. The summed E-state index contributed by atoms with van der Waals surface area (Å²) in [5.74, 6) is 0.597. The van der Waals surface area contributed by atoms with E-state index in [0.29, 0.717) is 12.0 Å². The van der Waals surface area contributed by atoms with Gasteiger partial charge >= 0.3 is 0 Å². The van der Waals surface area contributed by atoms with Gasteiger partial charge in [-0.05, 0) is 62.4 Å². The van der Waals surface area contributed by atoms with Crippen molar-refractivity contribution in [1.29, 1.82) is 0 Å². The number of halogens is 1. The zero-order valence-electron chi connectivity index (χ0n) is 11.5. The highest BCUT2D eigenvalue weighted by Crippen LogP contribution is 2.27. The molecule has 1 aliphatic carbocycles. The molecule has 1 aromatic rings. The molecule has 1 aromatic carbocycles. The topological polar surface area (TPSA) is 12.0 Å². The Hall–Kier alpha value is -0.890.